The number of thioether (sulfide) groups is 1. The quantitative estimate of drug-likeness (QED) is 0.326. The number of ether oxygens (including phenoxy) is 4. The van der Waals surface area contributed by atoms with Crippen molar-refractivity contribution in [2.24, 2.45) is 0 Å². The van der Waals surface area contributed by atoms with Gasteiger partial charge in [0.2, 0.25) is 6.29 Å². The molecule has 1 atom stereocenters. The standard InChI is InChI=1S/C24H21NO6S/c1-28-20-13-18-19(14-21(20)29-2)24(30-3)31-22(15-7-5-4-6-8-15)23(18)32-17-11-9-16(10-12-17)25(26)27/h4-14,24H,1-3H3. The van der Waals surface area contributed by atoms with Gasteiger partial charge in [-0.25, -0.2) is 0 Å². The Morgan fingerprint density at radius 3 is 2.19 bits per heavy atom. The first kappa shape index (κ1) is 21.7. The van der Waals surface area contributed by atoms with Crippen LogP contribution < -0.4 is 9.47 Å². The first-order chi connectivity index (χ1) is 15.5. The van der Waals surface area contributed by atoms with E-state index in [4.69, 9.17) is 18.9 Å². The van der Waals surface area contributed by atoms with E-state index in [-0.39, 0.29) is 5.69 Å². The van der Waals surface area contributed by atoms with E-state index in [1.165, 1.54) is 23.9 Å². The van der Waals surface area contributed by atoms with Gasteiger partial charge in [0, 0.05) is 40.8 Å². The number of nitro groups is 1. The van der Waals surface area contributed by atoms with Gasteiger partial charge in [0.05, 0.1) is 24.0 Å². The van der Waals surface area contributed by atoms with Gasteiger partial charge >= 0.3 is 0 Å². The monoisotopic (exact) mass is 451 g/mol. The molecule has 32 heavy (non-hydrogen) atoms. The van der Waals surface area contributed by atoms with Gasteiger partial charge in [-0.1, -0.05) is 42.1 Å². The average molecular weight is 452 g/mol. The first-order valence-electron chi connectivity index (χ1n) is 9.73. The Balaban J connectivity index is 1.90. The summed E-state index contributed by atoms with van der Waals surface area (Å²) >= 11 is 1.46. The van der Waals surface area contributed by atoms with E-state index in [2.05, 4.69) is 0 Å². The Bertz CT molecular complexity index is 1160. The maximum atomic E-state index is 11.0. The largest absolute Gasteiger partial charge is 0.493 e. The zero-order valence-electron chi connectivity index (χ0n) is 17.7. The van der Waals surface area contributed by atoms with Gasteiger partial charge in [-0.05, 0) is 24.3 Å². The molecule has 0 saturated carbocycles. The third kappa shape index (κ3) is 4.15. The molecule has 3 aromatic carbocycles. The van der Waals surface area contributed by atoms with E-state index in [1.54, 1.807) is 33.5 Å². The number of benzene rings is 3. The van der Waals surface area contributed by atoms with Crippen LogP contribution in [0.25, 0.3) is 10.7 Å². The lowest BCUT2D eigenvalue weighted by molar-refractivity contribution is -0.384. The number of non-ortho nitro benzene ring substituents is 1. The smallest absolute Gasteiger partial charge is 0.269 e. The van der Waals surface area contributed by atoms with Crippen LogP contribution in [0.1, 0.15) is 23.0 Å². The summed E-state index contributed by atoms with van der Waals surface area (Å²) in [6, 6.07) is 19.9. The topological polar surface area (TPSA) is 80.1 Å². The minimum absolute atomic E-state index is 0.0396. The number of hydrogen-bond acceptors (Lipinski definition) is 7. The highest BCUT2D eigenvalue weighted by Crippen LogP contribution is 2.51. The maximum Gasteiger partial charge on any atom is 0.269 e. The predicted molar refractivity (Wildman–Crippen MR) is 123 cm³/mol. The molecule has 0 fully saturated rings. The number of hydrogen-bond donors (Lipinski definition) is 0. The fourth-order valence-electron chi connectivity index (χ4n) is 3.45. The number of rotatable bonds is 7. The molecule has 1 aliphatic rings. The second-order valence-electron chi connectivity index (χ2n) is 6.86. The van der Waals surface area contributed by atoms with E-state index in [0.29, 0.717) is 17.3 Å². The van der Waals surface area contributed by atoms with Crippen molar-refractivity contribution >= 4 is 28.1 Å². The minimum Gasteiger partial charge on any atom is -0.493 e. The van der Waals surface area contributed by atoms with E-state index in [0.717, 1.165) is 26.5 Å². The normalized spacial score (nSPS) is 15.0. The Morgan fingerprint density at radius 2 is 1.59 bits per heavy atom. The molecule has 0 N–H and O–H groups in total. The van der Waals surface area contributed by atoms with Crippen LogP contribution >= 0.6 is 11.8 Å². The molecule has 1 unspecified atom stereocenters. The van der Waals surface area contributed by atoms with Crippen LogP contribution in [0.5, 0.6) is 11.5 Å². The summed E-state index contributed by atoms with van der Waals surface area (Å²) in [6.07, 6.45) is -0.638. The Labute approximate surface area is 189 Å². The van der Waals surface area contributed by atoms with Crippen molar-refractivity contribution in [2.45, 2.75) is 11.2 Å². The van der Waals surface area contributed by atoms with Crippen LogP contribution in [0.15, 0.2) is 71.6 Å². The van der Waals surface area contributed by atoms with Gasteiger partial charge in [-0.3, -0.25) is 10.1 Å². The van der Waals surface area contributed by atoms with Crippen LogP contribution in [-0.4, -0.2) is 26.3 Å². The summed E-state index contributed by atoms with van der Waals surface area (Å²) in [5.74, 6) is 1.80. The molecule has 0 saturated heterocycles. The van der Waals surface area contributed by atoms with Crippen LogP contribution in [-0.2, 0) is 9.47 Å². The lowest BCUT2D eigenvalue weighted by Gasteiger charge is -2.30. The third-order valence-corrected chi connectivity index (χ3v) is 6.12. The molecule has 1 heterocycles. The molecule has 8 heteroatoms. The van der Waals surface area contributed by atoms with E-state index in [9.17, 15) is 10.1 Å². The second kappa shape index (κ2) is 9.33. The fourth-order valence-corrected chi connectivity index (χ4v) is 4.50. The van der Waals surface area contributed by atoms with E-state index >= 15 is 0 Å². The van der Waals surface area contributed by atoms with Gasteiger partial charge in [0.1, 0.15) is 5.76 Å². The van der Waals surface area contributed by atoms with Gasteiger partial charge in [0.15, 0.2) is 11.5 Å². The minimum atomic E-state index is -0.638. The van der Waals surface area contributed by atoms with Crippen molar-refractivity contribution in [1.29, 1.82) is 0 Å². The molecule has 0 bridgehead atoms. The molecule has 164 valence electrons. The number of methoxy groups -OCH3 is 3. The zero-order chi connectivity index (χ0) is 22.7. The molecule has 0 spiro atoms. The molecule has 0 radical (unpaired) electrons. The number of nitro benzene ring substituents is 1. The number of fused-ring (bicyclic) bond motifs is 1. The highest BCUT2D eigenvalue weighted by molar-refractivity contribution is 8.08. The Morgan fingerprint density at radius 1 is 0.938 bits per heavy atom. The van der Waals surface area contributed by atoms with Gasteiger partial charge in [-0.15, -0.1) is 0 Å². The predicted octanol–water partition coefficient (Wildman–Crippen LogP) is 5.91. The average Bonchev–Trinajstić information content (AvgIpc) is 2.84. The molecule has 4 rings (SSSR count). The van der Waals surface area contributed by atoms with Crippen molar-refractivity contribution in [3.05, 3.63) is 93.5 Å². The summed E-state index contributed by atoms with van der Waals surface area (Å²) in [5, 5.41) is 11.0. The van der Waals surface area contributed by atoms with Gasteiger partial charge < -0.3 is 18.9 Å². The van der Waals surface area contributed by atoms with Crippen molar-refractivity contribution in [3.8, 4) is 11.5 Å². The second-order valence-corrected chi connectivity index (χ2v) is 7.94. The highest BCUT2D eigenvalue weighted by Gasteiger charge is 2.31. The summed E-state index contributed by atoms with van der Waals surface area (Å²) in [7, 11) is 4.75. The first-order valence-corrected chi connectivity index (χ1v) is 10.5. The van der Waals surface area contributed by atoms with Crippen LogP contribution in [0, 0.1) is 10.1 Å². The lowest BCUT2D eigenvalue weighted by atomic mass is 10.00. The molecular formula is C24H21NO6S. The summed E-state index contributed by atoms with van der Waals surface area (Å²) in [6.45, 7) is 0. The van der Waals surface area contributed by atoms with Crippen molar-refractivity contribution in [1.82, 2.24) is 0 Å². The third-order valence-electron chi connectivity index (χ3n) is 5.00. The highest BCUT2D eigenvalue weighted by atomic mass is 32.2. The summed E-state index contributed by atoms with van der Waals surface area (Å²) in [4.78, 5) is 12.3. The molecule has 1 aliphatic heterocycles. The molecule has 3 aromatic rings. The van der Waals surface area contributed by atoms with E-state index in [1.807, 2.05) is 42.5 Å². The van der Waals surface area contributed by atoms with Crippen LogP contribution in [0.3, 0.4) is 0 Å². The van der Waals surface area contributed by atoms with E-state index < -0.39 is 11.2 Å². The lowest BCUT2D eigenvalue weighted by Crippen LogP contribution is -2.15. The van der Waals surface area contributed by atoms with Crippen LogP contribution in [0.2, 0.25) is 0 Å². The molecule has 0 amide bonds. The van der Waals surface area contributed by atoms with Crippen molar-refractivity contribution in [3.63, 3.8) is 0 Å². The van der Waals surface area contributed by atoms with Crippen molar-refractivity contribution < 1.29 is 23.9 Å². The molecule has 7 nitrogen and oxygen atoms in total. The van der Waals surface area contributed by atoms with Gasteiger partial charge in [0.25, 0.3) is 5.69 Å². The molecule has 0 aromatic heterocycles. The SMILES string of the molecule is COc1cc2c(cc1OC)C(OC)OC(c1ccccc1)=C2Sc1ccc([N+](=O)[O-])cc1. The molecule has 0 aliphatic carbocycles. The summed E-state index contributed by atoms with van der Waals surface area (Å²) < 4.78 is 23.0. The summed E-state index contributed by atoms with van der Waals surface area (Å²) in [5.41, 5.74) is 2.61. The zero-order valence-corrected chi connectivity index (χ0v) is 18.5. The Kier molecular flexibility index (Phi) is 6.34. The molecular weight excluding hydrogens is 430 g/mol. The Hall–Kier alpha value is -3.49. The van der Waals surface area contributed by atoms with Gasteiger partial charge in [-0.2, -0.15) is 0 Å². The van der Waals surface area contributed by atoms with Crippen molar-refractivity contribution in [2.75, 3.05) is 21.3 Å². The maximum absolute atomic E-state index is 11.0. The number of nitrogens with zero attached hydrogens (tertiary/aromatic N) is 1. The van der Waals surface area contributed by atoms with Crippen LogP contribution in [0.4, 0.5) is 5.69 Å². The fraction of sp³-hybridized carbons (Fsp3) is 0.167.